The van der Waals surface area contributed by atoms with Gasteiger partial charge in [0.15, 0.2) is 0 Å². The predicted octanol–water partition coefficient (Wildman–Crippen LogP) is 2.46. The summed E-state index contributed by atoms with van der Waals surface area (Å²) >= 11 is 7.06. The lowest BCUT2D eigenvalue weighted by molar-refractivity contribution is 0.765. The van der Waals surface area contributed by atoms with Gasteiger partial charge in [0.1, 0.15) is 10.9 Å². The van der Waals surface area contributed by atoms with E-state index in [1.165, 1.54) is 11.3 Å². The summed E-state index contributed by atoms with van der Waals surface area (Å²) in [6.07, 6.45) is 0. The molecular weight excluding hydrogens is 204 g/mol. The Labute approximate surface area is 86.5 Å². The van der Waals surface area contributed by atoms with E-state index in [1.807, 2.05) is 12.1 Å². The number of nitriles is 1. The summed E-state index contributed by atoms with van der Waals surface area (Å²) in [4.78, 5) is 1.87. The average molecular weight is 213 g/mol. The molecular formula is C9H9ClN2S. The molecule has 2 nitrogen and oxygen atoms in total. The highest BCUT2D eigenvalue weighted by Crippen LogP contribution is 2.14. The van der Waals surface area contributed by atoms with Crippen LogP contribution in [0.25, 0.3) is 0 Å². The molecule has 0 radical (unpaired) electrons. The van der Waals surface area contributed by atoms with Gasteiger partial charge in [-0.15, -0.1) is 11.3 Å². The standard InChI is InChI=1S/C9H9ClN2S/c1-7(10)5-12-6-9-3-2-8(4-11)13-9/h2-3,12H,1,5-6H2. The van der Waals surface area contributed by atoms with Crippen LogP contribution in [0, 0.1) is 11.3 Å². The molecule has 0 fully saturated rings. The molecule has 0 aliphatic carbocycles. The SMILES string of the molecule is C=C(Cl)CNCc1ccc(C#N)s1. The normalized spacial score (nSPS) is 9.54. The molecule has 1 N–H and O–H groups in total. The van der Waals surface area contributed by atoms with E-state index in [1.54, 1.807) is 0 Å². The second-order valence-electron chi connectivity index (χ2n) is 2.50. The van der Waals surface area contributed by atoms with E-state index in [9.17, 15) is 0 Å². The fraction of sp³-hybridized carbons (Fsp3) is 0.222. The highest BCUT2D eigenvalue weighted by Gasteiger charge is 1.98. The third kappa shape index (κ3) is 3.60. The zero-order chi connectivity index (χ0) is 9.68. The molecule has 0 aliphatic heterocycles. The Kier molecular flexibility index (Phi) is 3.97. The summed E-state index contributed by atoms with van der Waals surface area (Å²) < 4.78 is 0. The number of nitrogens with zero attached hydrogens (tertiary/aromatic N) is 1. The first kappa shape index (κ1) is 10.3. The Morgan fingerprint density at radius 3 is 3.00 bits per heavy atom. The minimum atomic E-state index is 0.595. The number of thiophene rings is 1. The lowest BCUT2D eigenvalue weighted by atomic mass is 10.4. The first-order valence-corrected chi connectivity index (χ1v) is 4.94. The Bertz CT molecular complexity index is 338. The van der Waals surface area contributed by atoms with Crippen LogP contribution >= 0.6 is 22.9 Å². The molecule has 0 saturated carbocycles. The van der Waals surface area contributed by atoms with E-state index in [-0.39, 0.29) is 0 Å². The highest BCUT2D eigenvalue weighted by atomic mass is 35.5. The summed E-state index contributed by atoms with van der Waals surface area (Å²) in [5.74, 6) is 0. The summed E-state index contributed by atoms with van der Waals surface area (Å²) in [6, 6.07) is 5.85. The first-order valence-electron chi connectivity index (χ1n) is 3.75. The minimum absolute atomic E-state index is 0.595. The first-order chi connectivity index (χ1) is 6.22. The van der Waals surface area contributed by atoms with Crippen LogP contribution < -0.4 is 5.32 Å². The quantitative estimate of drug-likeness (QED) is 0.833. The molecule has 0 spiro atoms. The Balaban J connectivity index is 2.38. The van der Waals surface area contributed by atoms with Crippen molar-refractivity contribution in [3.8, 4) is 6.07 Å². The molecule has 0 aliphatic rings. The van der Waals surface area contributed by atoms with Gasteiger partial charge in [-0.05, 0) is 12.1 Å². The van der Waals surface area contributed by atoms with Crippen LogP contribution in [0.3, 0.4) is 0 Å². The molecule has 4 heteroatoms. The van der Waals surface area contributed by atoms with Gasteiger partial charge in [-0.1, -0.05) is 18.2 Å². The third-order valence-corrected chi connectivity index (χ3v) is 2.51. The maximum atomic E-state index is 8.57. The molecule has 1 rings (SSSR count). The zero-order valence-corrected chi connectivity index (χ0v) is 8.58. The fourth-order valence-electron chi connectivity index (χ4n) is 0.854. The number of hydrogen-bond donors (Lipinski definition) is 1. The maximum absolute atomic E-state index is 8.57. The molecule has 1 aromatic rings. The molecule has 0 atom stereocenters. The van der Waals surface area contributed by atoms with Gasteiger partial charge in [-0.3, -0.25) is 0 Å². The number of hydrogen-bond acceptors (Lipinski definition) is 3. The summed E-state index contributed by atoms with van der Waals surface area (Å²) in [7, 11) is 0. The van der Waals surface area contributed by atoms with Crippen LogP contribution in [0.2, 0.25) is 0 Å². The Morgan fingerprint density at radius 1 is 1.69 bits per heavy atom. The van der Waals surface area contributed by atoms with Crippen molar-refractivity contribution in [2.75, 3.05) is 6.54 Å². The van der Waals surface area contributed by atoms with Gasteiger partial charge in [0.2, 0.25) is 0 Å². The second-order valence-corrected chi connectivity index (χ2v) is 4.20. The number of halogens is 1. The lowest BCUT2D eigenvalue weighted by Crippen LogP contribution is -2.13. The van der Waals surface area contributed by atoms with E-state index in [4.69, 9.17) is 16.9 Å². The maximum Gasteiger partial charge on any atom is 0.110 e. The van der Waals surface area contributed by atoms with Gasteiger partial charge in [0.05, 0.1) is 0 Å². The number of nitrogens with one attached hydrogen (secondary N) is 1. The van der Waals surface area contributed by atoms with Crippen molar-refractivity contribution in [1.82, 2.24) is 5.32 Å². The molecule has 1 heterocycles. The van der Waals surface area contributed by atoms with Crippen molar-refractivity contribution in [2.24, 2.45) is 0 Å². The van der Waals surface area contributed by atoms with Gasteiger partial charge in [0, 0.05) is 23.0 Å². The van der Waals surface area contributed by atoms with Crippen LogP contribution in [0.1, 0.15) is 9.75 Å². The van der Waals surface area contributed by atoms with Gasteiger partial charge in [0.25, 0.3) is 0 Å². The van der Waals surface area contributed by atoms with Gasteiger partial charge < -0.3 is 5.32 Å². The Morgan fingerprint density at radius 2 is 2.46 bits per heavy atom. The van der Waals surface area contributed by atoms with Crippen molar-refractivity contribution in [1.29, 1.82) is 5.26 Å². The Hall–Kier alpha value is -0.820. The zero-order valence-electron chi connectivity index (χ0n) is 7.01. The summed E-state index contributed by atoms with van der Waals surface area (Å²) in [5, 5.41) is 12.3. The van der Waals surface area contributed by atoms with Crippen LogP contribution in [-0.4, -0.2) is 6.54 Å². The molecule has 0 saturated heterocycles. The number of rotatable bonds is 4. The monoisotopic (exact) mass is 212 g/mol. The largest absolute Gasteiger partial charge is 0.307 e. The van der Waals surface area contributed by atoms with E-state index < -0.39 is 0 Å². The third-order valence-electron chi connectivity index (χ3n) is 1.39. The summed E-state index contributed by atoms with van der Waals surface area (Å²) in [6.45, 7) is 4.89. The van der Waals surface area contributed by atoms with Crippen molar-refractivity contribution >= 4 is 22.9 Å². The smallest absolute Gasteiger partial charge is 0.110 e. The van der Waals surface area contributed by atoms with Gasteiger partial charge in [-0.2, -0.15) is 5.26 Å². The second kappa shape index (κ2) is 5.03. The summed E-state index contributed by atoms with van der Waals surface area (Å²) in [5.41, 5.74) is 0. The van der Waals surface area contributed by atoms with E-state index >= 15 is 0 Å². The van der Waals surface area contributed by atoms with Crippen molar-refractivity contribution in [2.45, 2.75) is 6.54 Å². The molecule has 1 aromatic heterocycles. The topological polar surface area (TPSA) is 35.8 Å². The molecule has 13 heavy (non-hydrogen) atoms. The van der Waals surface area contributed by atoms with Crippen molar-refractivity contribution in [3.63, 3.8) is 0 Å². The predicted molar refractivity (Wildman–Crippen MR) is 55.7 cm³/mol. The average Bonchev–Trinajstić information content (AvgIpc) is 2.52. The minimum Gasteiger partial charge on any atom is -0.307 e. The van der Waals surface area contributed by atoms with E-state index in [0.29, 0.717) is 11.6 Å². The molecule has 0 amide bonds. The van der Waals surface area contributed by atoms with Crippen molar-refractivity contribution in [3.05, 3.63) is 33.5 Å². The van der Waals surface area contributed by atoms with Crippen LogP contribution in [0.15, 0.2) is 23.7 Å². The molecule has 0 unspecified atom stereocenters. The van der Waals surface area contributed by atoms with E-state index in [2.05, 4.69) is 18.0 Å². The molecule has 0 bridgehead atoms. The fourth-order valence-corrected chi connectivity index (χ4v) is 1.72. The van der Waals surface area contributed by atoms with Crippen LogP contribution in [-0.2, 0) is 6.54 Å². The molecule has 0 aromatic carbocycles. The van der Waals surface area contributed by atoms with Gasteiger partial charge in [-0.25, -0.2) is 0 Å². The van der Waals surface area contributed by atoms with Crippen molar-refractivity contribution < 1.29 is 0 Å². The molecule has 68 valence electrons. The van der Waals surface area contributed by atoms with Gasteiger partial charge >= 0.3 is 0 Å². The highest BCUT2D eigenvalue weighted by molar-refractivity contribution is 7.12. The lowest BCUT2D eigenvalue weighted by Gasteiger charge is -1.99. The van der Waals surface area contributed by atoms with E-state index in [0.717, 1.165) is 16.3 Å². The van der Waals surface area contributed by atoms with Crippen LogP contribution in [0.5, 0.6) is 0 Å². The van der Waals surface area contributed by atoms with Crippen LogP contribution in [0.4, 0.5) is 0 Å².